The van der Waals surface area contributed by atoms with Crippen LogP contribution in [0.2, 0.25) is 5.02 Å². The molecular formula is C24H23ClN2O5S. The van der Waals surface area contributed by atoms with Crippen LogP contribution in [0, 0.1) is 6.92 Å². The lowest BCUT2D eigenvalue weighted by molar-refractivity contribution is -0.127. The normalized spacial score (nSPS) is 15.4. The molecule has 1 aliphatic rings. The molecule has 4 rings (SSSR count). The van der Waals surface area contributed by atoms with Crippen LogP contribution < -0.4 is 19.1 Å². The zero-order valence-electron chi connectivity index (χ0n) is 18.1. The molecule has 172 valence electrons. The fourth-order valence-corrected chi connectivity index (χ4v) is 5.11. The Bertz CT molecular complexity index is 1260. The average molecular weight is 487 g/mol. The molecule has 1 atom stereocenters. The Kier molecular flexibility index (Phi) is 6.49. The van der Waals surface area contributed by atoms with Crippen molar-refractivity contribution in [3.8, 4) is 11.5 Å². The van der Waals surface area contributed by atoms with Crippen LogP contribution in [0.5, 0.6) is 11.5 Å². The molecule has 0 fully saturated rings. The number of halogens is 1. The lowest BCUT2D eigenvalue weighted by Gasteiger charge is -2.35. The Morgan fingerprint density at radius 1 is 1.12 bits per heavy atom. The zero-order valence-corrected chi connectivity index (χ0v) is 19.7. The molecule has 1 amide bonds. The summed E-state index contributed by atoms with van der Waals surface area (Å²) in [6, 6.07) is 18.5. The number of nitrogens with one attached hydrogen (secondary N) is 1. The second-order valence-corrected chi connectivity index (χ2v) is 9.93. The summed E-state index contributed by atoms with van der Waals surface area (Å²) in [6.45, 7) is 1.96. The van der Waals surface area contributed by atoms with E-state index in [2.05, 4.69) is 5.32 Å². The van der Waals surface area contributed by atoms with Gasteiger partial charge in [-0.15, -0.1) is 0 Å². The number of anilines is 1. The molecule has 0 unspecified atom stereocenters. The van der Waals surface area contributed by atoms with E-state index < -0.39 is 22.0 Å². The number of hydrogen-bond acceptors (Lipinski definition) is 5. The standard InChI is InChI=1S/C24H23ClN2O5S/c1-16-3-10-20(11-4-16)33(29,30)27-15-23(32-22-12-7-18(25)13-21(22)27)24(28)26-14-17-5-8-19(31-2)9-6-17/h3-13,23H,14-15H2,1-2H3,(H,26,28)/t23-/m0/s1. The lowest BCUT2D eigenvalue weighted by atomic mass is 10.2. The van der Waals surface area contributed by atoms with Crippen LogP contribution in [0.25, 0.3) is 0 Å². The molecule has 0 spiro atoms. The molecule has 3 aromatic carbocycles. The molecule has 0 saturated heterocycles. The highest BCUT2D eigenvalue weighted by molar-refractivity contribution is 7.92. The van der Waals surface area contributed by atoms with Crippen LogP contribution in [-0.2, 0) is 21.4 Å². The number of hydrogen-bond donors (Lipinski definition) is 1. The van der Waals surface area contributed by atoms with Gasteiger partial charge in [0.2, 0.25) is 0 Å². The summed E-state index contributed by atoms with van der Waals surface area (Å²) >= 11 is 6.13. The van der Waals surface area contributed by atoms with E-state index >= 15 is 0 Å². The molecule has 0 aliphatic carbocycles. The van der Waals surface area contributed by atoms with Gasteiger partial charge in [0, 0.05) is 11.6 Å². The van der Waals surface area contributed by atoms with Gasteiger partial charge in [-0.25, -0.2) is 8.42 Å². The predicted octanol–water partition coefficient (Wildman–Crippen LogP) is 3.93. The van der Waals surface area contributed by atoms with Gasteiger partial charge >= 0.3 is 0 Å². The first-order valence-electron chi connectivity index (χ1n) is 10.2. The summed E-state index contributed by atoms with van der Waals surface area (Å²) in [4.78, 5) is 13.0. The van der Waals surface area contributed by atoms with Gasteiger partial charge in [0.05, 0.1) is 24.2 Å². The van der Waals surface area contributed by atoms with Crippen molar-refractivity contribution >= 4 is 33.2 Å². The zero-order chi connectivity index (χ0) is 23.6. The number of carbonyl (C=O) groups excluding carboxylic acids is 1. The highest BCUT2D eigenvalue weighted by Gasteiger charge is 2.37. The Labute approximate surface area is 197 Å². The summed E-state index contributed by atoms with van der Waals surface area (Å²) in [5.74, 6) is 0.564. The van der Waals surface area contributed by atoms with Crippen LogP contribution >= 0.6 is 11.6 Å². The van der Waals surface area contributed by atoms with Crippen molar-refractivity contribution in [3.05, 3.63) is 82.9 Å². The van der Waals surface area contributed by atoms with Crippen LogP contribution in [0.1, 0.15) is 11.1 Å². The molecular weight excluding hydrogens is 464 g/mol. The highest BCUT2D eigenvalue weighted by Crippen LogP contribution is 2.38. The van der Waals surface area contributed by atoms with Crippen molar-refractivity contribution in [1.82, 2.24) is 5.32 Å². The second kappa shape index (κ2) is 9.33. The number of nitrogens with zero attached hydrogens (tertiary/aromatic N) is 1. The Morgan fingerprint density at radius 3 is 2.48 bits per heavy atom. The van der Waals surface area contributed by atoms with Crippen molar-refractivity contribution < 1.29 is 22.7 Å². The lowest BCUT2D eigenvalue weighted by Crippen LogP contribution is -2.50. The Hall–Kier alpha value is -3.23. The summed E-state index contributed by atoms with van der Waals surface area (Å²) < 4.78 is 39.1. The van der Waals surface area contributed by atoms with Crippen LogP contribution in [0.15, 0.2) is 71.6 Å². The van der Waals surface area contributed by atoms with Gasteiger partial charge in [-0.2, -0.15) is 0 Å². The number of amides is 1. The van der Waals surface area contributed by atoms with Crippen molar-refractivity contribution in [2.75, 3.05) is 18.0 Å². The summed E-state index contributed by atoms with van der Waals surface area (Å²) in [5.41, 5.74) is 2.11. The molecule has 7 nitrogen and oxygen atoms in total. The fourth-order valence-electron chi connectivity index (χ4n) is 3.47. The van der Waals surface area contributed by atoms with Gasteiger partial charge in [0.25, 0.3) is 15.9 Å². The first-order valence-corrected chi connectivity index (χ1v) is 12.1. The number of aryl methyl sites for hydroxylation is 1. The molecule has 1 heterocycles. The molecule has 1 N–H and O–H groups in total. The number of sulfonamides is 1. The number of benzene rings is 3. The molecule has 0 bridgehead atoms. The largest absolute Gasteiger partial charge is 0.497 e. The maximum absolute atomic E-state index is 13.5. The minimum absolute atomic E-state index is 0.123. The fraction of sp³-hybridized carbons (Fsp3) is 0.208. The Morgan fingerprint density at radius 2 is 1.82 bits per heavy atom. The van der Waals surface area contributed by atoms with Crippen molar-refractivity contribution in [2.24, 2.45) is 0 Å². The van der Waals surface area contributed by atoms with Crippen molar-refractivity contribution in [3.63, 3.8) is 0 Å². The maximum Gasteiger partial charge on any atom is 0.264 e. The van der Waals surface area contributed by atoms with E-state index in [1.54, 1.807) is 55.6 Å². The average Bonchev–Trinajstić information content (AvgIpc) is 2.82. The molecule has 0 radical (unpaired) electrons. The molecule has 0 aromatic heterocycles. The number of carbonyl (C=O) groups is 1. The predicted molar refractivity (Wildman–Crippen MR) is 126 cm³/mol. The van der Waals surface area contributed by atoms with Gasteiger partial charge in [-0.3, -0.25) is 9.10 Å². The van der Waals surface area contributed by atoms with E-state index in [9.17, 15) is 13.2 Å². The van der Waals surface area contributed by atoms with Gasteiger partial charge < -0.3 is 14.8 Å². The maximum atomic E-state index is 13.5. The van der Waals surface area contributed by atoms with Gasteiger partial charge in [0.15, 0.2) is 6.10 Å². The quantitative estimate of drug-likeness (QED) is 0.570. The smallest absolute Gasteiger partial charge is 0.264 e. The summed E-state index contributed by atoms with van der Waals surface area (Å²) in [7, 11) is -2.37. The van der Waals surface area contributed by atoms with Crippen LogP contribution in [0.3, 0.4) is 0 Å². The first kappa shape index (κ1) is 22.9. The first-order chi connectivity index (χ1) is 15.8. The van der Waals surface area contributed by atoms with E-state index in [1.165, 1.54) is 10.4 Å². The minimum Gasteiger partial charge on any atom is -0.497 e. The van der Waals surface area contributed by atoms with Gasteiger partial charge in [-0.1, -0.05) is 41.4 Å². The van der Waals surface area contributed by atoms with Crippen molar-refractivity contribution in [1.29, 1.82) is 0 Å². The number of methoxy groups -OCH3 is 1. The minimum atomic E-state index is -3.95. The Balaban J connectivity index is 1.59. The SMILES string of the molecule is COc1ccc(CNC(=O)[C@@H]2CN(S(=O)(=O)c3ccc(C)cc3)c3cc(Cl)ccc3O2)cc1. The molecule has 3 aromatic rings. The summed E-state index contributed by atoms with van der Waals surface area (Å²) in [5, 5.41) is 3.18. The molecule has 33 heavy (non-hydrogen) atoms. The summed E-state index contributed by atoms with van der Waals surface area (Å²) in [6.07, 6.45) is -1.03. The third-order valence-corrected chi connectivity index (χ3v) is 7.35. The van der Waals surface area contributed by atoms with E-state index in [0.29, 0.717) is 16.5 Å². The van der Waals surface area contributed by atoms with E-state index in [-0.39, 0.29) is 23.7 Å². The van der Waals surface area contributed by atoms with Gasteiger partial charge in [-0.05, 0) is 55.0 Å². The van der Waals surface area contributed by atoms with Crippen LogP contribution in [-0.4, -0.2) is 34.1 Å². The van der Waals surface area contributed by atoms with E-state index in [0.717, 1.165) is 11.1 Å². The third kappa shape index (κ3) is 4.91. The van der Waals surface area contributed by atoms with Crippen LogP contribution in [0.4, 0.5) is 5.69 Å². The molecule has 1 aliphatic heterocycles. The number of ether oxygens (including phenoxy) is 2. The highest BCUT2D eigenvalue weighted by atomic mass is 35.5. The van der Waals surface area contributed by atoms with E-state index in [4.69, 9.17) is 21.1 Å². The van der Waals surface area contributed by atoms with Crippen molar-refractivity contribution in [2.45, 2.75) is 24.5 Å². The monoisotopic (exact) mass is 486 g/mol. The topological polar surface area (TPSA) is 84.9 Å². The van der Waals surface area contributed by atoms with E-state index in [1.807, 2.05) is 19.1 Å². The molecule has 9 heteroatoms. The van der Waals surface area contributed by atoms with Gasteiger partial charge in [0.1, 0.15) is 11.5 Å². The number of rotatable bonds is 6. The number of fused-ring (bicyclic) bond motifs is 1. The second-order valence-electron chi connectivity index (χ2n) is 7.63. The molecule has 0 saturated carbocycles. The third-order valence-electron chi connectivity index (χ3n) is 5.32.